The number of hydrogen-bond acceptors (Lipinski definition) is 4. The average Bonchev–Trinajstić information content (AvgIpc) is 2.97. The lowest BCUT2D eigenvalue weighted by Gasteiger charge is -2.30. The fourth-order valence-corrected chi connectivity index (χ4v) is 5.15. The number of carbonyl (C=O) groups is 1. The van der Waals surface area contributed by atoms with Crippen molar-refractivity contribution in [3.63, 3.8) is 0 Å². The van der Waals surface area contributed by atoms with Crippen LogP contribution in [0.2, 0.25) is 0 Å². The molecule has 2 N–H and O–H groups in total. The predicted octanol–water partition coefficient (Wildman–Crippen LogP) is 6.75. The van der Waals surface area contributed by atoms with Crippen molar-refractivity contribution in [3.8, 4) is 5.75 Å². The van der Waals surface area contributed by atoms with Crippen LogP contribution >= 0.6 is 15.9 Å². The number of aryl methyl sites for hydroxylation is 1. The quantitative estimate of drug-likeness (QED) is 0.428. The molecule has 0 saturated carbocycles. The molecule has 3 aromatic rings. The van der Waals surface area contributed by atoms with Gasteiger partial charge in [0.15, 0.2) is 5.78 Å². The minimum absolute atomic E-state index is 0.0700. The van der Waals surface area contributed by atoms with E-state index in [0.29, 0.717) is 6.42 Å². The Labute approximate surface area is 196 Å². The topological polar surface area (TPSA) is 50.4 Å². The third-order valence-electron chi connectivity index (χ3n) is 6.42. The van der Waals surface area contributed by atoms with Crippen LogP contribution in [-0.4, -0.2) is 12.9 Å². The molecule has 5 rings (SSSR count). The van der Waals surface area contributed by atoms with Crippen LogP contribution < -0.4 is 15.4 Å². The molecule has 3 aromatic carbocycles. The molecule has 0 aromatic heterocycles. The van der Waals surface area contributed by atoms with Gasteiger partial charge in [0, 0.05) is 28.1 Å². The fraction of sp³-hybridized carbons (Fsp3) is 0.222. The molecule has 2 aliphatic rings. The highest BCUT2D eigenvalue weighted by Crippen LogP contribution is 2.45. The zero-order chi connectivity index (χ0) is 22.2. The van der Waals surface area contributed by atoms with Crippen LogP contribution in [0.4, 0.5) is 11.4 Å². The Hall–Kier alpha value is -3.05. The molecular formula is C27H25BrN2O2. The summed E-state index contributed by atoms with van der Waals surface area (Å²) in [6.45, 7) is 2.07. The first kappa shape index (κ1) is 20.8. The van der Waals surface area contributed by atoms with Gasteiger partial charge in [-0.15, -0.1) is 0 Å². The first-order valence-electron chi connectivity index (χ1n) is 10.8. The second kappa shape index (κ2) is 8.47. The lowest BCUT2D eigenvalue weighted by atomic mass is 9.78. The number of carbonyl (C=O) groups excluding carboxylic acids is 1. The number of nitrogens with one attached hydrogen (secondary N) is 2. The van der Waals surface area contributed by atoms with Gasteiger partial charge in [0.25, 0.3) is 0 Å². The highest BCUT2D eigenvalue weighted by Gasteiger charge is 2.36. The minimum atomic E-state index is -0.218. The van der Waals surface area contributed by atoms with E-state index >= 15 is 0 Å². The van der Waals surface area contributed by atoms with Crippen LogP contribution in [0.25, 0.3) is 0 Å². The highest BCUT2D eigenvalue weighted by molar-refractivity contribution is 9.10. The number of allylic oxidation sites excluding steroid dienone is 1. The number of Topliss-reactive ketones (excluding diaryl/α,β-unsaturated/α-hetero) is 1. The largest absolute Gasteiger partial charge is 0.496 e. The Bertz CT molecular complexity index is 1230. The molecule has 0 bridgehead atoms. The van der Waals surface area contributed by atoms with E-state index in [0.717, 1.165) is 50.4 Å². The Balaban J connectivity index is 1.62. The van der Waals surface area contributed by atoms with Gasteiger partial charge in [-0.3, -0.25) is 4.79 Å². The summed E-state index contributed by atoms with van der Waals surface area (Å²) in [5, 5.41) is 7.24. The van der Waals surface area contributed by atoms with E-state index in [1.165, 1.54) is 5.56 Å². The number of anilines is 2. The van der Waals surface area contributed by atoms with Crippen LogP contribution in [0.1, 0.15) is 41.5 Å². The lowest BCUT2D eigenvalue weighted by molar-refractivity contribution is -0.116. The number of halogens is 1. The first-order chi connectivity index (χ1) is 15.5. The smallest absolute Gasteiger partial charge is 0.163 e. The maximum absolute atomic E-state index is 13.7. The van der Waals surface area contributed by atoms with Crippen LogP contribution in [0.5, 0.6) is 5.75 Å². The van der Waals surface area contributed by atoms with E-state index in [-0.39, 0.29) is 17.7 Å². The summed E-state index contributed by atoms with van der Waals surface area (Å²) in [5.41, 5.74) is 7.10. The maximum atomic E-state index is 13.7. The summed E-state index contributed by atoms with van der Waals surface area (Å²) in [6.07, 6.45) is 1.21. The summed E-state index contributed by atoms with van der Waals surface area (Å²) in [6, 6.07) is 22.2. The predicted molar refractivity (Wildman–Crippen MR) is 132 cm³/mol. The molecule has 0 amide bonds. The summed E-state index contributed by atoms with van der Waals surface area (Å²) >= 11 is 3.66. The van der Waals surface area contributed by atoms with E-state index in [1.54, 1.807) is 7.11 Å². The van der Waals surface area contributed by atoms with Crippen molar-refractivity contribution < 1.29 is 9.53 Å². The van der Waals surface area contributed by atoms with E-state index in [4.69, 9.17) is 4.74 Å². The average molecular weight is 489 g/mol. The standard InChI is InChI=1S/C27H25BrN2O2/c1-16-11-12-17(13-20(16)28)27-26-23(29-21-8-4-5-9-22(21)30-27)14-18(15-24(26)31)19-7-3-6-10-25(19)32-2/h3-13,18,27,29-30H,14-15H2,1-2H3. The molecule has 0 spiro atoms. The Morgan fingerprint density at radius 2 is 1.72 bits per heavy atom. The number of ketones is 1. The van der Waals surface area contributed by atoms with Crippen molar-refractivity contribution in [2.24, 2.45) is 0 Å². The molecule has 0 fully saturated rings. The van der Waals surface area contributed by atoms with E-state index in [2.05, 4.69) is 69.9 Å². The molecule has 2 atom stereocenters. The number of rotatable bonds is 3. The monoisotopic (exact) mass is 488 g/mol. The third kappa shape index (κ3) is 3.71. The van der Waals surface area contributed by atoms with Crippen LogP contribution in [0.3, 0.4) is 0 Å². The van der Waals surface area contributed by atoms with Gasteiger partial charge in [-0.25, -0.2) is 0 Å². The van der Waals surface area contributed by atoms with Crippen LogP contribution in [0.15, 0.2) is 82.5 Å². The number of para-hydroxylation sites is 3. The number of methoxy groups -OCH3 is 1. The van der Waals surface area contributed by atoms with Crippen molar-refractivity contribution >= 4 is 33.1 Å². The van der Waals surface area contributed by atoms with Crippen molar-refractivity contribution in [3.05, 3.63) is 99.2 Å². The van der Waals surface area contributed by atoms with Crippen molar-refractivity contribution in [2.75, 3.05) is 17.7 Å². The summed E-state index contributed by atoms with van der Waals surface area (Å²) in [4.78, 5) is 13.7. The van der Waals surface area contributed by atoms with E-state index in [1.807, 2.05) is 30.3 Å². The second-order valence-electron chi connectivity index (χ2n) is 8.42. The van der Waals surface area contributed by atoms with Gasteiger partial charge in [0.05, 0.1) is 24.5 Å². The number of fused-ring (bicyclic) bond motifs is 1. The van der Waals surface area contributed by atoms with Crippen molar-refractivity contribution in [2.45, 2.75) is 31.7 Å². The van der Waals surface area contributed by atoms with E-state index < -0.39 is 0 Å². The molecule has 162 valence electrons. The van der Waals surface area contributed by atoms with Gasteiger partial charge in [-0.05, 0) is 54.3 Å². The van der Waals surface area contributed by atoms with Gasteiger partial charge >= 0.3 is 0 Å². The highest BCUT2D eigenvalue weighted by atomic mass is 79.9. The van der Waals surface area contributed by atoms with Crippen molar-refractivity contribution in [1.29, 1.82) is 0 Å². The van der Waals surface area contributed by atoms with E-state index in [9.17, 15) is 4.79 Å². The normalized spacial score (nSPS) is 19.9. The van der Waals surface area contributed by atoms with Crippen LogP contribution in [0, 0.1) is 6.92 Å². The summed E-state index contributed by atoms with van der Waals surface area (Å²) in [5.74, 6) is 1.07. The van der Waals surface area contributed by atoms with Gasteiger partial charge < -0.3 is 15.4 Å². The third-order valence-corrected chi connectivity index (χ3v) is 7.27. The molecule has 5 heteroatoms. The minimum Gasteiger partial charge on any atom is -0.496 e. The Morgan fingerprint density at radius 3 is 2.50 bits per heavy atom. The number of ether oxygens (including phenoxy) is 1. The van der Waals surface area contributed by atoms with Crippen LogP contribution in [-0.2, 0) is 4.79 Å². The second-order valence-corrected chi connectivity index (χ2v) is 9.27. The SMILES string of the molecule is COc1ccccc1C1CC(=O)C2=C(C1)Nc1ccccc1NC2c1ccc(C)c(Br)c1. The van der Waals surface area contributed by atoms with Gasteiger partial charge in [0.2, 0.25) is 0 Å². The molecule has 0 radical (unpaired) electrons. The molecular weight excluding hydrogens is 464 g/mol. The zero-order valence-corrected chi connectivity index (χ0v) is 19.7. The summed E-state index contributed by atoms with van der Waals surface area (Å²) in [7, 11) is 1.68. The molecule has 0 saturated heterocycles. The zero-order valence-electron chi connectivity index (χ0n) is 18.1. The number of benzene rings is 3. The Kier molecular flexibility index (Phi) is 5.51. The Morgan fingerprint density at radius 1 is 0.969 bits per heavy atom. The molecule has 1 heterocycles. The molecule has 2 unspecified atom stereocenters. The van der Waals surface area contributed by atoms with Crippen molar-refractivity contribution in [1.82, 2.24) is 0 Å². The lowest BCUT2D eigenvalue weighted by Crippen LogP contribution is -2.27. The fourth-order valence-electron chi connectivity index (χ4n) is 4.75. The number of hydrogen-bond donors (Lipinski definition) is 2. The maximum Gasteiger partial charge on any atom is 0.163 e. The van der Waals surface area contributed by atoms with Gasteiger partial charge in [0.1, 0.15) is 5.75 Å². The van der Waals surface area contributed by atoms with Gasteiger partial charge in [-0.2, -0.15) is 0 Å². The molecule has 1 aliphatic carbocycles. The molecule has 4 nitrogen and oxygen atoms in total. The van der Waals surface area contributed by atoms with Gasteiger partial charge in [-0.1, -0.05) is 58.4 Å². The molecule has 1 aliphatic heterocycles. The molecule has 32 heavy (non-hydrogen) atoms. The summed E-state index contributed by atoms with van der Waals surface area (Å²) < 4.78 is 6.64. The first-order valence-corrected chi connectivity index (χ1v) is 11.6.